The summed E-state index contributed by atoms with van der Waals surface area (Å²) in [5.74, 6) is -1.06. The molecule has 2 aromatic heterocycles. The highest BCUT2D eigenvalue weighted by atomic mass is 16.8. The molecular weight excluding hydrogens is 406 g/mol. The van der Waals surface area contributed by atoms with Gasteiger partial charge in [-0.3, -0.25) is 9.36 Å². The van der Waals surface area contributed by atoms with Crippen molar-refractivity contribution in [1.29, 1.82) is 0 Å². The van der Waals surface area contributed by atoms with E-state index in [1.54, 1.807) is 0 Å². The van der Waals surface area contributed by atoms with Crippen LogP contribution in [-0.2, 0) is 21.9 Å². The zero-order valence-corrected chi connectivity index (χ0v) is 16.9. The zero-order valence-electron chi connectivity index (χ0n) is 16.9. The number of para-hydroxylation sites is 2. The number of rotatable bonds is 1. The van der Waals surface area contributed by atoms with Gasteiger partial charge >= 0.3 is 0 Å². The van der Waals surface area contributed by atoms with Gasteiger partial charge in [0.15, 0.2) is 5.60 Å². The average Bonchev–Trinajstić information content (AvgIpc) is 3.20. The molecule has 1 spiro atoms. The minimum Gasteiger partial charge on any atom is -0.393 e. The summed E-state index contributed by atoms with van der Waals surface area (Å²) >= 11 is 0. The monoisotopic (exact) mass is 423 g/mol. The molecule has 7 heteroatoms. The Hall–Kier alpha value is -3.39. The van der Waals surface area contributed by atoms with Crippen molar-refractivity contribution in [3.63, 3.8) is 0 Å². The van der Waals surface area contributed by atoms with Crippen LogP contribution in [0.25, 0.3) is 43.6 Å². The van der Waals surface area contributed by atoms with Crippen LogP contribution >= 0.6 is 0 Å². The summed E-state index contributed by atoms with van der Waals surface area (Å²) < 4.78 is 17.3. The molecule has 1 amide bonds. The summed E-state index contributed by atoms with van der Waals surface area (Å²) in [6.07, 6.45) is 0.260. The first-order valence-corrected chi connectivity index (χ1v) is 11.0. The molecule has 0 radical (unpaired) electrons. The minimum atomic E-state index is -1.04. The van der Waals surface area contributed by atoms with E-state index in [1.165, 1.54) is 0 Å². The quantitative estimate of drug-likeness (QED) is 0.405. The highest BCUT2D eigenvalue weighted by Gasteiger charge is 2.80. The van der Waals surface area contributed by atoms with Crippen LogP contribution in [0.15, 0.2) is 48.5 Å². The Morgan fingerprint density at radius 1 is 1.03 bits per heavy atom. The molecule has 9 rings (SSSR count). The van der Waals surface area contributed by atoms with E-state index in [0.717, 1.165) is 54.7 Å². The summed E-state index contributed by atoms with van der Waals surface area (Å²) in [7, 11) is 0. The summed E-state index contributed by atoms with van der Waals surface area (Å²) in [6.45, 7) is 0.386. The van der Waals surface area contributed by atoms with Crippen molar-refractivity contribution in [2.24, 2.45) is 0 Å². The smallest absolute Gasteiger partial charge is 0.292 e. The molecule has 0 saturated carbocycles. The molecule has 7 nitrogen and oxygen atoms in total. The summed E-state index contributed by atoms with van der Waals surface area (Å²) in [6, 6.07) is 16.4. The van der Waals surface area contributed by atoms with Crippen LogP contribution < -0.4 is 5.32 Å². The van der Waals surface area contributed by atoms with Crippen LogP contribution in [0.5, 0.6) is 0 Å². The summed E-state index contributed by atoms with van der Waals surface area (Å²) in [5.41, 5.74) is 5.08. The highest BCUT2D eigenvalue weighted by Crippen LogP contribution is 2.68. The number of aromatic nitrogens is 2. The molecule has 4 aliphatic rings. The topological polar surface area (TPSA) is 81.0 Å². The first-order chi connectivity index (χ1) is 15.7. The second-order valence-electron chi connectivity index (χ2n) is 9.34. The number of amides is 1. The number of aliphatic hydroxyl groups excluding tert-OH is 1. The molecule has 4 aliphatic heterocycles. The maximum atomic E-state index is 13.1. The fourth-order valence-corrected chi connectivity index (χ4v) is 6.78. The van der Waals surface area contributed by atoms with Gasteiger partial charge in [-0.1, -0.05) is 36.4 Å². The van der Waals surface area contributed by atoms with Crippen LogP contribution in [0.3, 0.4) is 0 Å². The van der Waals surface area contributed by atoms with Gasteiger partial charge in [0.1, 0.15) is 6.23 Å². The number of carbonyl (C=O) groups excluding carboxylic acids is 1. The second kappa shape index (κ2) is 4.68. The predicted molar refractivity (Wildman–Crippen MR) is 117 cm³/mol. The van der Waals surface area contributed by atoms with Gasteiger partial charge < -0.3 is 24.5 Å². The Morgan fingerprint density at radius 3 is 2.59 bits per heavy atom. The molecule has 0 aliphatic carbocycles. The normalized spacial score (nSPS) is 29.3. The van der Waals surface area contributed by atoms with E-state index in [2.05, 4.69) is 38.7 Å². The average molecular weight is 423 g/mol. The van der Waals surface area contributed by atoms with Crippen molar-refractivity contribution < 1.29 is 19.4 Å². The van der Waals surface area contributed by atoms with Crippen LogP contribution in [0.1, 0.15) is 28.6 Å². The lowest BCUT2D eigenvalue weighted by molar-refractivity contribution is -0.150. The molecule has 3 aromatic carbocycles. The van der Waals surface area contributed by atoms with Crippen LogP contribution in [0.2, 0.25) is 0 Å². The van der Waals surface area contributed by atoms with Crippen molar-refractivity contribution in [2.45, 2.75) is 30.7 Å². The van der Waals surface area contributed by atoms with Crippen molar-refractivity contribution in [3.05, 3.63) is 59.7 Å². The van der Waals surface area contributed by atoms with Crippen molar-refractivity contribution in [1.82, 2.24) is 14.5 Å². The molecular formula is C25H17N3O4. The van der Waals surface area contributed by atoms with Gasteiger partial charge in [-0.05, 0) is 17.7 Å². The van der Waals surface area contributed by atoms with E-state index < -0.39 is 11.5 Å². The molecule has 5 aromatic rings. The molecule has 2 N–H and O–H groups in total. The van der Waals surface area contributed by atoms with Crippen molar-refractivity contribution in [3.8, 4) is 0 Å². The number of benzene rings is 3. The predicted octanol–water partition coefficient (Wildman–Crippen LogP) is 3.45. The highest BCUT2D eigenvalue weighted by molar-refractivity contribution is 6.31. The van der Waals surface area contributed by atoms with E-state index in [-0.39, 0.29) is 18.7 Å². The number of fused-ring (bicyclic) bond motifs is 11. The summed E-state index contributed by atoms with van der Waals surface area (Å²) in [5, 5.41) is 17.6. The first-order valence-electron chi connectivity index (χ1n) is 11.0. The van der Waals surface area contributed by atoms with Crippen molar-refractivity contribution in [2.75, 3.05) is 6.61 Å². The zero-order chi connectivity index (χ0) is 21.0. The fourth-order valence-electron chi connectivity index (χ4n) is 6.78. The Kier molecular flexibility index (Phi) is 2.38. The van der Waals surface area contributed by atoms with Crippen LogP contribution in [0, 0.1) is 0 Å². The van der Waals surface area contributed by atoms with E-state index in [9.17, 15) is 9.90 Å². The molecule has 3 atom stereocenters. The van der Waals surface area contributed by atoms with Gasteiger partial charge in [-0.15, -0.1) is 0 Å². The lowest BCUT2D eigenvalue weighted by Gasteiger charge is -2.18. The second-order valence-corrected chi connectivity index (χ2v) is 9.34. The Labute approximate surface area is 180 Å². The van der Waals surface area contributed by atoms with E-state index in [0.29, 0.717) is 13.0 Å². The third-order valence-corrected chi connectivity index (χ3v) is 8.02. The number of ether oxygens (including phenoxy) is 2. The molecule has 2 bridgehead atoms. The molecule has 32 heavy (non-hydrogen) atoms. The molecule has 0 unspecified atom stereocenters. The standard InChI is InChI=1S/C25H17N3O4/c29-11-24-9-17-27-15-7-3-1-5-12(15)19-20-14(10-26-23(20)30)18-13-6-2-4-8-16(13)28(22(18)21(19)27)25(24,31-17)32-24/h1-8,17,29H,9-11H2,(H,26,30)/t17-,24-,25+/m1/s1. The maximum Gasteiger partial charge on any atom is 0.292 e. The first kappa shape index (κ1) is 16.3. The van der Waals surface area contributed by atoms with Crippen LogP contribution in [0.4, 0.5) is 0 Å². The fraction of sp³-hybridized carbons (Fsp3) is 0.240. The van der Waals surface area contributed by atoms with Gasteiger partial charge in [0.05, 0.1) is 34.2 Å². The van der Waals surface area contributed by atoms with Gasteiger partial charge in [0.25, 0.3) is 11.8 Å². The van der Waals surface area contributed by atoms with E-state index in [4.69, 9.17) is 9.47 Å². The number of hydrogen-bond donors (Lipinski definition) is 2. The maximum absolute atomic E-state index is 13.1. The van der Waals surface area contributed by atoms with Crippen molar-refractivity contribution >= 4 is 49.5 Å². The molecule has 2 fully saturated rings. The Bertz CT molecular complexity index is 1750. The van der Waals surface area contributed by atoms with Crippen LogP contribution in [-0.4, -0.2) is 32.4 Å². The minimum absolute atomic E-state index is 0.0255. The number of epoxide rings is 1. The third-order valence-electron chi connectivity index (χ3n) is 8.02. The number of nitrogens with one attached hydrogen (secondary N) is 1. The van der Waals surface area contributed by atoms with Gasteiger partial charge in [-0.25, -0.2) is 0 Å². The largest absolute Gasteiger partial charge is 0.393 e. The number of nitrogens with zero attached hydrogens (tertiary/aromatic N) is 2. The SMILES string of the molecule is O=C1NCc2c1c1c3ccccc3n3c1c1c2c2ccccc2n1[C@]12O[C@@H]3C[C@]1(CO)O2. The van der Waals surface area contributed by atoms with Gasteiger partial charge in [-0.2, -0.15) is 0 Å². The Balaban J connectivity index is 1.68. The van der Waals surface area contributed by atoms with Gasteiger partial charge in [0.2, 0.25) is 0 Å². The molecule has 2 saturated heterocycles. The summed E-state index contributed by atoms with van der Waals surface area (Å²) in [4.78, 5) is 13.1. The number of carbonyl (C=O) groups is 1. The lowest BCUT2D eigenvalue weighted by atomic mass is 9.96. The van der Waals surface area contributed by atoms with Gasteiger partial charge in [0, 0.05) is 34.5 Å². The van der Waals surface area contributed by atoms with E-state index in [1.807, 2.05) is 24.3 Å². The molecule has 156 valence electrons. The number of aliphatic hydroxyl groups is 1. The molecule has 6 heterocycles. The third kappa shape index (κ3) is 1.40. The lowest BCUT2D eigenvalue weighted by Crippen LogP contribution is -2.28. The van der Waals surface area contributed by atoms with E-state index >= 15 is 0 Å². The Morgan fingerprint density at radius 2 is 1.78 bits per heavy atom. The number of hydrogen-bond acceptors (Lipinski definition) is 4.